The summed E-state index contributed by atoms with van der Waals surface area (Å²) in [5, 5.41) is 24.6. The van der Waals surface area contributed by atoms with Crippen LogP contribution in [0.3, 0.4) is 0 Å². The summed E-state index contributed by atoms with van der Waals surface area (Å²) in [6.45, 7) is 6.75. The van der Waals surface area contributed by atoms with Crippen molar-refractivity contribution < 1.29 is 38.0 Å². The lowest BCUT2D eigenvalue weighted by molar-refractivity contribution is -0.870. The van der Waals surface area contributed by atoms with Crippen molar-refractivity contribution >= 4 is 13.7 Å². The van der Waals surface area contributed by atoms with E-state index >= 15 is 0 Å². The van der Waals surface area contributed by atoms with Gasteiger partial charge in [0.25, 0.3) is 7.82 Å². The fourth-order valence-electron chi connectivity index (χ4n) is 7.09. The molecule has 0 rings (SSSR count). The van der Waals surface area contributed by atoms with Gasteiger partial charge in [0.05, 0.1) is 39.9 Å². The molecule has 55 heavy (non-hydrogen) atoms. The van der Waals surface area contributed by atoms with Gasteiger partial charge >= 0.3 is 0 Å². The van der Waals surface area contributed by atoms with Crippen molar-refractivity contribution in [3.8, 4) is 0 Å². The number of aliphatic hydroxyl groups is 2. The number of carbonyl (C=O) groups is 1. The first-order valence-electron chi connectivity index (χ1n) is 23.3. The Morgan fingerprint density at radius 3 is 1.40 bits per heavy atom. The molecule has 0 aliphatic rings. The number of nitrogens with one attached hydrogen (secondary N) is 1. The molecule has 330 valence electrons. The lowest BCUT2D eigenvalue weighted by atomic mass is 9.99. The molecule has 1 amide bonds. The molecule has 0 bridgehead atoms. The van der Waals surface area contributed by atoms with E-state index in [1.807, 2.05) is 21.1 Å². The van der Waals surface area contributed by atoms with Gasteiger partial charge in [-0.15, -0.1) is 0 Å². The van der Waals surface area contributed by atoms with Gasteiger partial charge in [-0.25, -0.2) is 0 Å². The Labute approximate surface area is 341 Å². The molecule has 0 saturated heterocycles. The van der Waals surface area contributed by atoms with Gasteiger partial charge in [0, 0.05) is 6.42 Å². The van der Waals surface area contributed by atoms with Gasteiger partial charge in [-0.05, 0) is 18.8 Å². The molecular weight excluding hydrogens is 711 g/mol. The van der Waals surface area contributed by atoms with Gasteiger partial charge in [-0.2, -0.15) is 0 Å². The highest BCUT2D eigenvalue weighted by molar-refractivity contribution is 7.45. The Bertz CT molecular complexity index is 901. The fraction of sp³-hybridized carbons (Fsp3) is 0.978. The van der Waals surface area contributed by atoms with Crippen LogP contribution in [-0.4, -0.2) is 79.8 Å². The molecule has 0 aromatic carbocycles. The van der Waals surface area contributed by atoms with Crippen LogP contribution >= 0.6 is 7.82 Å². The van der Waals surface area contributed by atoms with E-state index in [1.165, 1.54) is 148 Å². The summed E-state index contributed by atoms with van der Waals surface area (Å²) in [7, 11) is 1.13. The number of amides is 1. The molecule has 0 aliphatic carbocycles. The van der Waals surface area contributed by atoms with Gasteiger partial charge in [0.2, 0.25) is 5.91 Å². The van der Waals surface area contributed by atoms with Crippen LogP contribution in [0.4, 0.5) is 0 Å². The summed E-state index contributed by atoms with van der Waals surface area (Å²) < 4.78 is 23.1. The van der Waals surface area contributed by atoms with Gasteiger partial charge in [-0.3, -0.25) is 9.36 Å². The summed E-state index contributed by atoms with van der Waals surface area (Å²) in [6.07, 6.45) is 34.4. The molecule has 0 fully saturated rings. The van der Waals surface area contributed by atoms with E-state index in [-0.39, 0.29) is 18.9 Å². The number of rotatable bonds is 42. The molecule has 0 saturated carbocycles. The minimum absolute atomic E-state index is 0.0378. The third kappa shape index (κ3) is 38.7. The molecule has 4 atom stereocenters. The Balaban J connectivity index is 4.36. The average molecular weight is 805 g/mol. The smallest absolute Gasteiger partial charge is 0.268 e. The highest BCUT2D eigenvalue weighted by Crippen LogP contribution is 2.38. The molecule has 0 heterocycles. The van der Waals surface area contributed by atoms with Gasteiger partial charge in [0.1, 0.15) is 19.3 Å². The molecule has 1 unspecified atom stereocenters. The first kappa shape index (κ1) is 54.5. The van der Waals surface area contributed by atoms with Crippen LogP contribution in [0.25, 0.3) is 0 Å². The highest BCUT2D eigenvalue weighted by Gasteiger charge is 2.29. The second-order valence-electron chi connectivity index (χ2n) is 18.1. The molecule has 10 heteroatoms. The second kappa shape index (κ2) is 36.5. The van der Waals surface area contributed by atoms with E-state index < -0.39 is 32.7 Å². The van der Waals surface area contributed by atoms with Crippen molar-refractivity contribution in [2.24, 2.45) is 5.92 Å². The minimum Gasteiger partial charge on any atom is -0.756 e. The van der Waals surface area contributed by atoms with Crippen molar-refractivity contribution in [1.82, 2.24) is 5.32 Å². The Morgan fingerprint density at radius 1 is 0.618 bits per heavy atom. The van der Waals surface area contributed by atoms with Gasteiger partial charge in [0.15, 0.2) is 0 Å². The fourth-order valence-corrected chi connectivity index (χ4v) is 7.81. The van der Waals surface area contributed by atoms with Crippen LogP contribution in [0, 0.1) is 5.92 Å². The molecular formula is C45H93N2O7P. The van der Waals surface area contributed by atoms with Crippen molar-refractivity contribution in [2.45, 2.75) is 238 Å². The first-order valence-corrected chi connectivity index (χ1v) is 24.8. The molecule has 3 N–H and O–H groups in total. The third-order valence-electron chi connectivity index (χ3n) is 10.9. The zero-order valence-electron chi connectivity index (χ0n) is 37.2. The maximum absolute atomic E-state index is 12.9. The lowest BCUT2D eigenvalue weighted by Crippen LogP contribution is -2.51. The molecule has 0 spiro atoms. The van der Waals surface area contributed by atoms with Crippen molar-refractivity contribution in [2.75, 3.05) is 40.9 Å². The second-order valence-corrected chi connectivity index (χ2v) is 19.5. The van der Waals surface area contributed by atoms with Crippen molar-refractivity contribution in [3.05, 3.63) is 0 Å². The van der Waals surface area contributed by atoms with E-state index in [9.17, 15) is 24.5 Å². The number of hydrogen-bond acceptors (Lipinski definition) is 7. The lowest BCUT2D eigenvalue weighted by Gasteiger charge is -2.31. The average Bonchev–Trinajstić information content (AvgIpc) is 3.12. The number of phosphoric ester groups is 1. The van der Waals surface area contributed by atoms with Crippen molar-refractivity contribution in [1.29, 1.82) is 0 Å². The minimum atomic E-state index is -4.66. The number of carbonyl (C=O) groups excluding carboxylic acids is 1. The Morgan fingerprint density at radius 2 is 1.00 bits per heavy atom. The third-order valence-corrected chi connectivity index (χ3v) is 11.8. The molecule has 0 aromatic rings. The topological polar surface area (TPSA) is 128 Å². The monoisotopic (exact) mass is 805 g/mol. The molecule has 0 radical (unpaired) electrons. The zero-order chi connectivity index (χ0) is 41.0. The zero-order valence-corrected chi connectivity index (χ0v) is 38.1. The number of hydrogen-bond donors (Lipinski definition) is 3. The SMILES string of the molecule is CCCCCCCCCCCCCCCCCCCCCCC(=O)N[C@@H](COP(=O)([O-])OCC[N+](C)(C)C)[C@H](O)[C@H](O)CCCCCCCCCCC(C)C. The summed E-state index contributed by atoms with van der Waals surface area (Å²) in [5.41, 5.74) is 0. The standard InChI is InChI=1S/C45H93N2O7P/c1-7-8-9-10-11-12-13-14-15-16-17-18-19-20-21-22-23-28-31-34-37-44(49)46-42(40-54-55(51,52)53-39-38-47(4,5)6)45(50)43(48)36-33-30-27-25-24-26-29-32-35-41(2)3/h41-43,45,48,50H,7-40H2,1-6H3,(H-,46,49,51,52)/t42-,43+,45-/m0/s1. The summed E-state index contributed by atoms with van der Waals surface area (Å²) >= 11 is 0. The largest absolute Gasteiger partial charge is 0.756 e. The van der Waals surface area contributed by atoms with Crippen LogP contribution < -0.4 is 10.2 Å². The maximum Gasteiger partial charge on any atom is 0.268 e. The normalized spacial score (nSPS) is 14.9. The number of quaternary nitrogens is 1. The Hall–Kier alpha value is -0.540. The molecule has 9 nitrogen and oxygen atoms in total. The number of phosphoric acid groups is 1. The number of likely N-dealkylation sites (N-methyl/N-ethyl adjacent to an activating group) is 1. The molecule has 0 aromatic heterocycles. The van der Waals surface area contributed by atoms with Crippen LogP contribution in [0.5, 0.6) is 0 Å². The quantitative estimate of drug-likeness (QED) is 0.0318. The summed E-state index contributed by atoms with van der Waals surface area (Å²) in [4.78, 5) is 25.4. The van der Waals surface area contributed by atoms with E-state index in [0.29, 0.717) is 17.4 Å². The number of aliphatic hydroxyl groups excluding tert-OH is 2. The van der Waals surface area contributed by atoms with E-state index in [1.54, 1.807) is 0 Å². The summed E-state index contributed by atoms with van der Waals surface area (Å²) in [5.74, 6) is 0.493. The van der Waals surface area contributed by atoms with E-state index in [2.05, 4.69) is 26.1 Å². The van der Waals surface area contributed by atoms with Gasteiger partial charge < -0.3 is 34.0 Å². The van der Waals surface area contributed by atoms with E-state index in [0.717, 1.165) is 44.4 Å². The Kier molecular flexibility index (Phi) is 36.2. The van der Waals surface area contributed by atoms with Gasteiger partial charge in [-0.1, -0.05) is 201 Å². The van der Waals surface area contributed by atoms with Crippen LogP contribution in [0.2, 0.25) is 0 Å². The maximum atomic E-state index is 12.9. The predicted octanol–water partition coefficient (Wildman–Crippen LogP) is 11.2. The van der Waals surface area contributed by atoms with Crippen LogP contribution in [-0.2, 0) is 18.4 Å². The van der Waals surface area contributed by atoms with Crippen LogP contribution in [0.15, 0.2) is 0 Å². The first-order chi connectivity index (χ1) is 26.3. The van der Waals surface area contributed by atoms with Crippen LogP contribution in [0.1, 0.15) is 220 Å². The number of nitrogens with zero attached hydrogens (tertiary/aromatic N) is 1. The van der Waals surface area contributed by atoms with Crippen molar-refractivity contribution in [3.63, 3.8) is 0 Å². The predicted molar refractivity (Wildman–Crippen MR) is 230 cm³/mol. The highest BCUT2D eigenvalue weighted by atomic mass is 31.2. The molecule has 0 aliphatic heterocycles. The van der Waals surface area contributed by atoms with E-state index in [4.69, 9.17) is 9.05 Å². The number of unbranched alkanes of at least 4 members (excludes halogenated alkanes) is 26. The summed E-state index contributed by atoms with van der Waals surface area (Å²) in [6, 6.07) is -1.07.